The van der Waals surface area contributed by atoms with Crippen LogP contribution in [0.25, 0.3) is 0 Å². The molecule has 0 radical (unpaired) electrons. The maximum atomic E-state index is 13.2. The van der Waals surface area contributed by atoms with Crippen LogP contribution >= 0.6 is 34.7 Å². The van der Waals surface area contributed by atoms with Crippen LogP contribution in [0.2, 0.25) is 5.02 Å². The van der Waals surface area contributed by atoms with E-state index < -0.39 is 11.9 Å². The third-order valence-electron chi connectivity index (χ3n) is 4.87. The Hall–Kier alpha value is -2.55. The molecule has 0 aliphatic carbocycles. The number of anilines is 1. The largest absolute Gasteiger partial charge is 0.463 e. The second-order valence-electron chi connectivity index (χ2n) is 6.85. The number of nitrogens with zero attached hydrogens (tertiary/aromatic N) is 1. The van der Waals surface area contributed by atoms with Gasteiger partial charge in [0.05, 0.1) is 23.7 Å². The van der Waals surface area contributed by atoms with E-state index in [1.807, 2.05) is 41.8 Å². The molecule has 0 spiro atoms. The van der Waals surface area contributed by atoms with Gasteiger partial charge >= 0.3 is 5.97 Å². The summed E-state index contributed by atoms with van der Waals surface area (Å²) in [6, 6.07) is 11.4. The number of carbonyl (C=O) groups excluding carboxylic acids is 1. The fraction of sp³-hybridized carbons (Fsp3) is 0.227. The van der Waals surface area contributed by atoms with Gasteiger partial charge in [-0.3, -0.25) is 4.79 Å². The van der Waals surface area contributed by atoms with Gasteiger partial charge in [0.2, 0.25) is 0 Å². The molecule has 0 bridgehead atoms. The van der Waals surface area contributed by atoms with E-state index in [-0.39, 0.29) is 12.2 Å². The summed E-state index contributed by atoms with van der Waals surface area (Å²) in [7, 11) is 0. The number of carbonyl (C=O) groups is 1. The molecule has 160 valence electrons. The molecule has 1 unspecified atom stereocenters. The average Bonchev–Trinajstić information content (AvgIpc) is 3.27. The normalized spacial score (nSPS) is 15.4. The topological polar surface area (TPSA) is 84.1 Å². The lowest BCUT2D eigenvalue weighted by Crippen LogP contribution is -2.30. The van der Waals surface area contributed by atoms with Gasteiger partial charge in [-0.05, 0) is 36.9 Å². The van der Waals surface area contributed by atoms with Crippen molar-refractivity contribution in [3.05, 3.63) is 84.4 Å². The molecule has 0 fully saturated rings. The second kappa shape index (κ2) is 9.30. The van der Waals surface area contributed by atoms with Crippen molar-refractivity contribution in [1.29, 1.82) is 0 Å². The van der Waals surface area contributed by atoms with E-state index in [1.165, 1.54) is 23.1 Å². The minimum Gasteiger partial charge on any atom is -0.463 e. The van der Waals surface area contributed by atoms with Gasteiger partial charge in [0, 0.05) is 21.3 Å². The first-order valence-electron chi connectivity index (χ1n) is 9.68. The summed E-state index contributed by atoms with van der Waals surface area (Å²) in [5.41, 5.74) is 2.15. The van der Waals surface area contributed by atoms with Crippen LogP contribution in [-0.2, 0) is 15.3 Å². The number of ether oxygens (including phenoxy) is 1. The number of nitrogens with one attached hydrogen (secondary N) is 2. The van der Waals surface area contributed by atoms with Crippen molar-refractivity contribution in [3.63, 3.8) is 0 Å². The molecule has 0 saturated heterocycles. The van der Waals surface area contributed by atoms with E-state index in [0.29, 0.717) is 38.6 Å². The summed E-state index contributed by atoms with van der Waals surface area (Å²) >= 11 is 9.12. The Kier molecular flexibility index (Phi) is 6.50. The molecule has 2 aromatic heterocycles. The SMILES string of the molecule is CCOC(=O)C1=C(C)Nc2nc(SCc3ccccc3Cl)[nH]c(=O)c2C1c1cccs1. The Morgan fingerprint density at radius 1 is 1.29 bits per heavy atom. The molecular weight excluding hydrogens is 454 g/mol. The van der Waals surface area contributed by atoms with Crippen LogP contribution in [0.15, 0.2) is 63.0 Å². The molecule has 1 atom stereocenters. The van der Waals surface area contributed by atoms with Crippen molar-refractivity contribution >= 4 is 46.5 Å². The number of aromatic amines is 1. The zero-order chi connectivity index (χ0) is 22.0. The first kappa shape index (κ1) is 21.7. The molecule has 9 heteroatoms. The van der Waals surface area contributed by atoms with Crippen molar-refractivity contribution in [2.24, 2.45) is 0 Å². The van der Waals surface area contributed by atoms with Gasteiger partial charge < -0.3 is 15.0 Å². The number of allylic oxidation sites excluding steroid dienone is 1. The highest BCUT2D eigenvalue weighted by Crippen LogP contribution is 2.41. The highest BCUT2D eigenvalue weighted by atomic mass is 35.5. The molecule has 3 aromatic rings. The third kappa shape index (κ3) is 4.42. The van der Waals surface area contributed by atoms with Gasteiger partial charge in [0.1, 0.15) is 5.82 Å². The number of fused-ring (bicyclic) bond motifs is 1. The second-order valence-corrected chi connectivity index (χ2v) is 9.20. The van der Waals surface area contributed by atoms with Crippen LogP contribution in [0.1, 0.15) is 35.8 Å². The van der Waals surface area contributed by atoms with E-state index in [1.54, 1.807) is 13.8 Å². The van der Waals surface area contributed by atoms with Gasteiger partial charge in [0.15, 0.2) is 5.16 Å². The van der Waals surface area contributed by atoms with Crippen LogP contribution < -0.4 is 10.9 Å². The molecule has 4 rings (SSSR count). The number of hydrogen-bond donors (Lipinski definition) is 2. The van der Waals surface area contributed by atoms with Crippen molar-refractivity contribution < 1.29 is 9.53 Å². The fourth-order valence-electron chi connectivity index (χ4n) is 3.48. The summed E-state index contributed by atoms with van der Waals surface area (Å²) in [5.74, 6) is 0.0511. The lowest BCUT2D eigenvalue weighted by Gasteiger charge is -2.27. The van der Waals surface area contributed by atoms with E-state index in [4.69, 9.17) is 16.3 Å². The number of halogens is 1. The summed E-state index contributed by atoms with van der Waals surface area (Å²) in [5, 5.41) is 6.22. The monoisotopic (exact) mass is 473 g/mol. The van der Waals surface area contributed by atoms with Crippen LogP contribution in [0, 0.1) is 0 Å². The minimum absolute atomic E-state index is 0.256. The van der Waals surface area contributed by atoms with Crippen LogP contribution in [0.5, 0.6) is 0 Å². The smallest absolute Gasteiger partial charge is 0.336 e. The highest BCUT2D eigenvalue weighted by Gasteiger charge is 2.36. The van der Waals surface area contributed by atoms with Crippen molar-refractivity contribution in [2.75, 3.05) is 11.9 Å². The van der Waals surface area contributed by atoms with Crippen molar-refractivity contribution in [1.82, 2.24) is 9.97 Å². The summed E-state index contributed by atoms with van der Waals surface area (Å²) in [6.45, 7) is 3.82. The third-order valence-corrected chi connectivity index (χ3v) is 7.09. The van der Waals surface area contributed by atoms with Gasteiger partial charge in [-0.25, -0.2) is 9.78 Å². The molecular formula is C22H20ClN3O3S2. The maximum Gasteiger partial charge on any atom is 0.336 e. The molecule has 1 aromatic carbocycles. The van der Waals surface area contributed by atoms with Gasteiger partial charge in [-0.2, -0.15) is 0 Å². The Balaban J connectivity index is 1.73. The number of benzene rings is 1. The summed E-state index contributed by atoms with van der Waals surface area (Å²) in [4.78, 5) is 34.3. The number of aromatic nitrogens is 2. The van der Waals surface area contributed by atoms with Crippen molar-refractivity contribution in [2.45, 2.75) is 30.7 Å². The van der Waals surface area contributed by atoms with E-state index in [0.717, 1.165) is 10.4 Å². The first-order valence-corrected chi connectivity index (χ1v) is 11.9. The number of H-pyrrole nitrogens is 1. The average molecular weight is 474 g/mol. The van der Waals surface area contributed by atoms with Crippen LogP contribution in [0.4, 0.5) is 5.82 Å². The number of rotatable bonds is 6. The van der Waals surface area contributed by atoms with Crippen LogP contribution in [0.3, 0.4) is 0 Å². The Labute approximate surface area is 192 Å². The van der Waals surface area contributed by atoms with Crippen LogP contribution in [-0.4, -0.2) is 22.5 Å². The maximum absolute atomic E-state index is 13.2. The standard InChI is InChI=1S/C22H20ClN3O3S2/c1-3-29-21(28)16-12(2)24-19-18(17(16)15-9-6-10-30-15)20(27)26-22(25-19)31-11-13-7-4-5-8-14(13)23/h4-10,17H,3,11H2,1-2H3,(H2,24,25,26,27). The summed E-state index contributed by atoms with van der Waals surface area (Å²) in [6.07, 6.45) is 0. The molecule has 31 heavy (non-hydrogen) atoms. The number of hydrogen-bond acceptors (Lipinski definition) is 7. The Morgan fingerprint density at radius 3 is 2.81 bits per heavy atom. The molecule has 0 amide bonds. The molecule has 1 aliphatic rings. The van der Waals surface area contributed by atoms with E-state index in [9.17, 15) is 9.59 Å². The van der Waals surface area contributed by atoms with E-state index in [2.05, 4.69) is 15.3 Å². The Morgan fingerprint density at radius 2 is 2.10 bits per heavy atom. The zero-order valence-corrected chi connectivity index (χ0v) is 19.3. The predicted octanol–water partition coefficient (Wildman–Crippen LogP) is 5.17. The lowest BCUT2D eigenvalue weighted by atomic mass is 9.86. The van der Waals surface area contributed by atoms with Gasteiger partial charge in [0.25, 0.3) is 5.56 Å². The van der Waals surface area contributed by atoms with E-state index >= 15 is 0 Å². The molecule has 2 N–H and O–H groups in total. The zero-order valence-electron chi connectivity index (χ0n) is 16.9. The predicted molar refractivity (Wildman–Crippen MR) is 125 cm³/mol. The van der Waals surface area contributed by atoms with Crippen molar-refractivity contribution in [3.8, 4) is 0 Å². The molecule has 1 aliphatic heterocycles. The fourth-order valence-corrected chi connectivity index (χ4v) is 5.47. The summed E-state index contributed by atoms with van der Waals surface area (Å²) < 4.78 is 5.28. The number of esters is 1. The highest BCUT2D eigenvalue weighted by molar-refractivity contribution is 7.98. The first-order chi connectivity index (χ1) is 15.0. The van der Waals surface area contributed by atoms with Gasteiger partial charge in [-0.1, -0.05) is 47.6 Å². The number of thiophene rings is 1. The lowest BCUT2D eigenvalue weighted by molar-refractivity contribution is -0.138. The molecule has 3 heterocycles. The Bertz CT molecular complexity index is 1200. The molecule has 0 saturated carbocycles. The minimum atomic E-state index is -0.533. The quantitative estimate of drug-likeness (QED) is 0.292. The van der Waals surface area contributed by atoms with Gasteiger partial charge in [-0.15, -0.1) is 11.3 Å². The molecule has 6 nitrogen and oxygen atoms in total. The number of thioether (sulfide) groups is 1.